The van der Waals surface area contributed by atoms with E-state index in [1.54, 1.807) is 7.11 Å². The van der Waals surface area contributed by atoms with Gasteiger partial charge in [-0.2, -0.15) is 5.10 Å². The zero-order chi connectivity index (χ0) is 21.6. The summed E-state index contributed by atoms with van der Waals surface area (Å²) in [5.41, 5.74) is 5.01. The monoisotopic (exact) mass is 411 g/mol. The Balaban J connectivity index is 1.72. The number of benzene rings is 3. The Morgan fingerprint density at radius 2 is 1.77 bits per heavy atom. The van der Waals surface area contributed by atoms with Crippen LogP contribution in [0.5, 0.6) is 5.75 Å². The molecule has 4 rings (SSSR count). The molecule has 1 heterocycles. The summed E-state index contributed by atoms with van der Waals surface area (Å²) in [7, 11) is 1.63. The second-order valence-corrected chi connectivity index (χ2v) is 7.27. The number of para-hydroxylation sites is 1. The summed E-state index contributed by atoms with van der Waals surface area (Å²) in [5.74, 6) is 0.538. The largest absolute Gasteiger partial charge is 0.497 e. The van der Waals surface area contributed by atoms with Crippen molar-refractivity contribution in [2.24, 2.45) is 0 Å². The van der Waals surface area contributed by atoms with Gasteiger partial charge in [0.05, 0.1) is 19.2 Å². The quantitative estimate of drug-likeness (QED) is 0.442. The summed E-state index contributed by atoms with van der Waals surface area (Å²) in [5, 5.41) is 7.83. The number of nitrogens with zero attached hydrogens (tertiary/aromatic N) is 2. The van der Waals surface area contributed by atoms with Crippen molar-refractivity contribution in [2.45, 2.75) is 19.9 Å². The Morgan fingerprint density at radius 3 is 2.55 bits per heavy atom. The average molecular weight is 412 g/mol. The van der Waals surface area contributed by atoms with E-state index in [1.807, 2.05) is 89.7 Å². The molecular formula is C26H25N3O2. The SMILES string of the molecule is CCc1ccccc1NC(=O)c1cn(Cc2ccccc2)nc1-c1cccc(OC)c1. The van der Waals surface area contributed by atoms with Gasteiger partial charge in [0.15, 0.2) is 0 Å². The van der Waals surface area contributed by atoms with Gasteiger partial charge in [-0.25, -0.2) is 0 Å². The fourth-order valence-corrected chi connectivity index (χ4v) is 3.56. The van der Waals surface area contributed by atoms with E-state index in [2.05, 4.69) is 12.2 Å². The predicted molar refractivity (Wildman–Crippen MR) is 124 cm³/mol. The number of hydrogen-bond acceptors (Lipinski definition) is 3. The third-order valence-corrected chi connectivity index (χ3v) is 5.18. The van der Waals surface area contributed by atoms with Crippen molar-refractivity contribution in [3.05, 3.63) is 102 Å². The molecule has 4 aromatic rings. The number of aryl methyl sites for hydroxylation is 1. The van der Waals surface area contributed by atoms with Gasteiger partial charge in [0, 0.05) is 17.4 Å². The summed E-state index contributed by atoms with van der Waals surface area (Å²) < 4.78 is 7.18. The van der Waals surface area contributed by atoms with Crippen LogP contribution in [-0.4, -0.2) is 22.8 Å². The van der Waals surface area contributed by atoms with Gasteiger partial charge in [0.1, 0.15) is 11.4 Å². The molecule has 1 N–H and O–H groups in total. The fourth-order valence-electron chi connectivity index (χ4n) is 3.56. The molecule has 0 aliphatic rings. The number of hydrogen-bond donors (Lipinski definition) is 1. The number of nitrogens with one attached hydrogen (secondary N) is 1. The van der Waals surface area contributed by atoms with E-state index in [0.29, 0.717) is 17.8 Å². The number of carbonyl (C=O) groups is 1. The lowest BCUT2D eigenvalue weighted by Crippen LogP contribution is -2.13. The van der Waals surface area contributed by atoms with E-state index >= 15 is 0 Å². The number of anilines is 1. The lowest BCUT2D eigenvalue weighted by atomic mass is 10.1. The molecule has 0 saturated heterocycles. The van der Waals surface area contributed by atoms with Gasteiger partial charge in [0.25, 0.3) is 5.91 Å². The lowest BCUT2D eigenvalue weighted by Gasteiger charge is -2.10. The molecule has 1 amide bonds. The van der Waals surface area contributed by atoms with Crippen LogP contribution in [0, 0.1) is 0 Å². The molecule has 3 aromatic carbocycles. The van der Waals surface area contributed by atoms with Crippen LogP contribution in [-0.2, 0) is 13.0 Å². The molecule has 0 spiro atoms. The van der Waals surface area contributed by atoms with Gasteiger partial charge >= 0.3 is 0 Å². The highest BCUT2D eigenvalue weighted by molar-refractivity contribution is 6.08. The highest BCUT2D eigenvalue weighted by Gasteiger charge is 2.19. The molecule has 0 atom stereocenters. The van der Waals surface area contributed by atoms with Crippen molar-refractivity contribution < 1.29 is 9.53 Å². The van der Waals surface area contributed by atoms with Crippen molar-refractivity contribution >= 4 is 11.6 Å². The number of methoxy groups -OCH3 is 1. The van der Waals surface area contributed by atoms with Gasteiger partial charge in [-0.1, -0.05) is 67.6 Å². The molecule has 0 aliphatic carbocycles. The Hall–Kier alpha value is -3.86. The van der Waals surface area contributed by atoms with E-state index in [9.17, 15) is 4.79 Å². The van der Waals surface area contributed by atoms with Crippen molar-refractivity contribution in [1.82, 2.24) is 9.78 Å². The summed E-state index contributed by atoms with van der Waals surface area (Å²) >= 11 is 0. The van der Waals surface area contributed by atoms with Gasteiger partial charge in [-0.15, -0.1) is 0 Å². The topological polar surface area (TPSA) is 56.2 Å². The Morgan fingerprint density at radius 1 is 1.00 bits per heavy atom. The molecular weight excluding hydrogens is 386 g/mol. The first kappa shape index (κ1) is 20.4. The minimum atomic E-state index is -0.182. The van der Waals surface area contributed by atoms with E-state index < -0.39 is 0 Å². The number of aromatic nitrogens is 2. The Bertz CT molecular complexity index is 1180. The normalized spacial score (nSPS) is 10.6. The molecule has 0 aliphatic heterocycles. The molecule has 0 saturated carbocycles. The molecule has 156 valence electrons. The first-order valence-electron chi connectivity index (χ1n) is 10.3. The molecule has 0 fully saturated rings. The van der Waals surface area contributed by atoms with Crippen molar-refractivity contribution in [2.75, 3.05) is 12.4 Å². The van der Waals surface area contributed by atoms with E-state index in [0.717, 1.165) is 34.5 Å². The average Bonchev–Trinajstić information content (AvgIpc) is 3.24. The summed E-state index contributed by atoms with van der Waals surface area (Å²) in [6.07, 6.45) is 2.65. The van der Waals surface area contributed by atoms with Crippen LogP contribution in [0.1, 0.15) is 28.4 Å². The third-order valence-electron chi connectivity index (χ3n) is 5.18. The second kappa shape index (κ2) is 9.30. The van der Waals surface area contributed by atoms with Gasteiger partial charge in [-0.05, 0) is 35.7 Å². The molecule has 5 nitrogen and oxygen atoms in total. The summed E-state index contributed by atoms with van der Waals surface area (Å²) in [4.78, 5) is 13.3. The standard InChI is InChI=1S/C26H25N3O2/c1-3-20-12-7-8-15-24(20)27-26(30)23-18-29(17-19-10-5-4-6-11-19)28-25(23)21-13-9-14-22(16-21)31-2/h4-16,18H,3,17H2,1-2H3,(H,27,30). The third kappa shape index (κ3) is 4.67. The minimum Gasteiger partial charge on any atom is -0.497 e. The lowest BCUT2D eigenvalue weighted by molar-refractivity contribution is 0.102. The number of amides is 1. The van der Waals surface area contributed by atoms with Crippen LogP contribution in [0.25, 0.3) is 11.3 Å². The van der Waals surface area contributed by atoms with Crippen LogP contribution < -0.4 is 10.1 Å². The highest BCUT2D eigenvalue weighted by Crippen LogP contribution is 2.27. The second-order valence-electron chi connectivity index (χ2n) is 7.27. The highest BCUT2D eigenvalue weighted by atomic mass is 16.5. The van der Waals surface area contributed by atoms with Gasteiger partial charge in [0.2, 0.25) is 0 Å². The van der Waals surface area contributed by atoms with Gasteiger partial charge in [-0.3, -0.25) is 9.48 Å². The Labute approximate surface area is 182 Å². The molecule has 31 heavy (non-hydrogen) atoms. The van der Waals surface area contributed by atoms with Crippen LogP contribution >= 0.6 is 0 Å². The zero-order valence-corrected chi connectivity index (χ0v) is 17.7. The molecule has 0 radical (unpaired) electrons. The maximum absolute atomic E-state index is 13.3. The Kier molecular flexibility index (Phi) is 6.13. The minimum absolute atomic E-state index is 0.182. The van der Waals surface area contributed by atoms with Gasteiger partial charge < -0.3 is 10.1 Å². The summed E-state index contributed by atoms with van der Waals surface area (Å²) in [6, 6.07) is 25.5. The van der Waals surface area contributed by atoms with Crippen LogP contribution in [0.4, 0.5) is 5.69 Å². The predicted octanol–water partition coefficient (Wildman–Crippen LogP) is 5.42. The first-order valence-corrected chi connectivity index (χ1v) is 10.3. The number of carbonyl (C=O) groups excluding carboxylic acids is 1. The van der Waals surface area contributed by atoms with E-state index in [4.69, 9.17) is 9.84 Å². The van der Waals surface area contributed by atoms with Crippen LogP contribution in [0.15, 0.2) is 85.1 Å². The maximum Gasteiger partial charge on any atom is 0.259 e. The number of ether oxygens (including phenoxy) is 1. The van der Waals surface area contributed by atoms with Crippen molar-refractivity contribution in [1.29, 1.82) is 0 Å². The van der Waals surface area contributed by atoms with E-state index in [-0.39, 0.29) is 5.91 Å². The van der Waals surface area contributed by atoms with Crippen molar-refractivity contribution in [3.8, 4) is 17.0 Å². The molecule has 0 unspecified atom stereocenters. The fraction of sp³-hybridized carbons (Fsp3) is 0.154. The molecule has 5 heteroatoms. The van der Waals surface area contributed by atoms with Crippen LogP contribution in [0.2, 0.25) is 0 Å². The zero-order valence-electron chi connectivity index (χ0n) is 17.7. The van der Waals surface area contributed by atoms with E-state index in [1.165, 1.54) is 0 Å². The van der Waals surface area contributed by atoms with Crippen LogP contribution in [0.3, 0.4) is 0 Å². The number of rotatable bonds is 7. The van der Waals surface area contributed by atoms with Crippen molar-refractivity contribution in [3.63, 3.8) is 0 Å². The molecule has 0 bridgehead atoms. The maximum atomic E-state index is 13.3. The molecule has 1 aromatic heterocycles. The first-order chi connectivity index (χ1) is 15.2. The smallest absolute Gasteiger partial charge is 0.259 e. The summed E-state index contributed by atoms with van der Waals surface area (Å²) in [6.45, 7) is 2.65.